The molecule has 3 rings (SSSR count). The third-order valence-corrected chi connectivity index (χ3v) is 4.82. The van der Waals surface area contributed by atoms with Gasteiger partial charge in [0.15, 0.2) is 5.78 Å². The van der Waals surface area contributed by atoms with Crippen molar-refractivity contribution in [1.29, 1.82) is 0 Å². The van der Waals surface area contributed by atoms with E-state index in [1.54, 1.807) is 0 Å². The van der Waals surface area contributed by atoms with E-state index in [0.29, 0.717) is 0 Å². The first-order valence-electron chi connectivity index (χ1n) is 6.47. The molecule has 1 nitrogen and oxygen atoms in total. The van der Waals surface area contributed by atoms with E-state index in [9.17, 15) is 4.79 Å². The molecule has 1 aliphatic rings. The van der Waals surface area contributed by atoms with E-state index >= 15 is 0 Å². The normalized spacial score (nSPS) is 13.3. The molecule has 0 saturated carbocycles. The lowest BCUT2D eigenvalue weighted by molar-refractivity contribution is 0.104. The highest BCUT2D eigenvalue weighted by Crippen LogP contribution is 2.44. The summed E-state index contributed by atoms with van der Waals surface area (Å²) in [5.41, 5.74) is 4.81. The molecule has 0 aromatic heterocycles. The molecule has 2 aromatic rings. The summed E-state index contributed by atoms with van der Waals surface area (Å²) >= 11 is 7.08. The highest BCUT2D eigenvalue weighted by molar-refractivity contribution is 9.10. The van der Waals surface area contributed by atoms with Crippen LogP contribution in [0.4, 0.5) is 0 Å². The second-order valence-electron chi connectivity index (χ2n) is 6.15. The Labute approximate surface area is 135 Å². The first-order valence-corrected chi connectivity index (χ1v) is 8.06. The summed E-state index contributed by atoms with van der Waals surface area (Å²) in [6.07, 6.45) is 0. The lowest BCUT2D eigenvalue weighted by Gasteiger charge is -2.20. The van der Waals surface area contributed by atoms with Gasteiger partial charge >= 0.3 is 0 Å². The van der Waals surface area contributed by atoms with Crippen LogP contribution in [0, 0.1) is 0 Å². The number of fused-ring (bicyclic) bond motifs is 3. The number of hydrogen-bond acceptors (Lipinski definition) is 1. The highest BCUT2D eigenvalue weighted by atomic mass is 79.9. The van der Waals surface area contributed by atoms with E-state index in [1.807, 2.05) is 24.3 Å². The topological polar surface area (TPSA) is 17.1 Å². The molecule has 0 spiro atoms. The summed E-state index contributed by atoms with van der Waals surface area (Å²) in [7, 11) is 0. The molecule has 0 heterocycles. The number of benzene rings is 2. The summed E-state index contributed by atoms with van der Waals surface area (Å²) in [6.45, 7) is 6.47. The lowest BCUT2D eigenvalue weighted by Crippen LogP contribution is -2.12. The predicted octanol–water partition coefficient (Wildman–Crippen LogP) is 5.72. The van der Waals surface area contributed by atoms with Crippen molar-refractivity contribution in [2.75, 3.05) is 0 Å². The molecule has 20 heavy (non-hydrogen) atoms. The number of halogens is 2. The van der Waals surface area contributed by atoms with E-state index in [-0.39, 0.29) is 11.2 Å². The van der Waals surface area contributed by atoms with Crippen LogP contribution in [0.1, 0.15) is 42.3 Å². The molecule has 0 N–H and O–H groups in total. The molecule has 2 aromatic carbocycles. The second-order valence-corrected chi connectivity index (χ2v) is 7.92. The predicted molar refractivity (Wildman–Crippen MR) is 89.4 cm³/mol. The SMILES string of the molecule is CC(C)(C)c1cc(Br)c2c(c1)C(=O)c1cc(Br)ccc1-2. The molecule has 0 fully saturated rings. The zero-order valence-corrected chi connectivity index (χ0v) is 14.7. The lowest BCUT2D eigenvalue weighted by atomic mass is 9.85. The maximum absolute atomic E-state index is 12.6. The smallest absolute Gasteiger partial charge is 0.194 e. The molecule has 0 radical (unpaired) electrons. The maximum Gasteiger partial charge on any atom is 0.194 e. The number of carbonyl (C=O) groups excluding carboxylic acids is 1. The van der Waals surface area contributed by atoms with Gasteiger partial charge in [0.1, 0.15) is 0 Å². The number of carbonyl (C=O) groups is 1. The zero-order chi connectivity index (χ0) is 14.7. The molecular weight excluding hydrogens is 380 g/mol. The van der Waals surface area contributed by atoms with Gasteiger partial charge in [-0.25, -0.2) is 0 Å². The summed E-state index contributed by atoms with van der Waals surface area (Å²) in [5, 5.41) is 0. The van der Waals surface area contributed by atoms with Crippen LogP contribution in [0.15, 0.2) is 39.3 Å². The van der Waals surface area contributed by atoms with E-state index in [1.165, 1.54) is 5.56 Å². The van der Waals surface area contributed by atoms with Crippen LogP contribution in [-0.4, -0.2) is 5.78 Å². The van der Waals surface area contributed by atoms with Gasteiger partial charge in [0.2, 0.25) is 0 Å². The number of rotatable bonds is 0. The Kier molecular flexibility index (Phi) is 3.18. The van der Waals surface area contributed by atoms with Gasteiger partial charge in [0.05, 0.1) is 0 Å². The van der Waals surface area contributed by atoms with Crippen LogP contribution in [0.3, 0.4) is 0 Å². The first-order chi connectivity index (χ1) is 9.29. The Hall–Kier alpha value is -0.930. The summed E-state index contributed by atoms with van der Waals surface area (Å²) in [5.74, 6) is 0.114. The molecular formula is C17H14Br2O. The van der Waals surface area contributed by atoms with Crippen molar-refractivity contribution < 1.29 is 4.79 Å². The molecule has 0 bridgehead atoms. The van der Waals surface area contributed by atoms with E-state index in [0.717, 1.165) is 31.2 Å². The molecule has 0 amide bonds. The largest absolute Gasteiger partial charge is 0.289 e. The Balaban J connectivity index is 2.30. The van der Waals surface area contributed by atoms with Crippen molar-refractivity contribution in [3.05, 3.63) is 56.0 Å². The summed E-state index contributed by atoms with van der Waals surface area (Å²) in [6, 6.07) is 10.1. The zero-order valence-electron chi connectivity index (χ0n) is 11.6. The van der Waals surface area contributed by atoms with Gasteiger partial charge in [0, 0.05) is 25.6 Å². The van der Waals surface area contributed by atoms with Crippen molar-refractivity contribution in [2.45, 2.75) is 26.2 Å². The molecule has 0 atom stereocenters. The van der Waals surface area contributed by atoms with E-state index in [2.05, 4.69) is 58.7 Å². The number of ketones is 1. The summed E-state index contributed by atoms with van der Waals surface area (Å²) in [4.78, 5) is 12.6. The quantitative estimate of drug-likeness (QED) is 0.477. The van der Waals surface area contributed by atoms with E-state index < -0.39 is 0 Å². The minimum absolute atomic E-state index is 0.0210. The van der Waals surface area contributed by atoms with Gasteiger partial charge in [-0.1, -0.05) is 58.7 Å². The Morgan fingerprint density at radius 3 is 2.25 bits per heavy atom. The van der Waals surface area contributed by atoms with Crippen LogP contribution in [0.2, 0.25) is 0 Å². The van der Waals surface area contributed by atoms with Crippen molar-refractivity contribution in [2.24, 2.45) is 0 Å². The van der Waals surface area contributed by atoms with Gasteiger partial charge in [-0.3, -0.25) is 4.79 Å². The third kappa shape index (κ3) is 2.08. The van der Waals surface area contributed by atoms with Gasteiger partial charge < -0.3 is 0 Å². The van der Waals surface area contributed by atoms with Gasteiger partial charge in [-0.15, -0.1) is 0 Å². The fourth-order valence-corrected chi connectivity index (χ4v) is 3.59. The van der Waals surface area contributed by atoms with Crippen molar-refractivity contribution >= 4 is 37.6 Å². The number of hydrogen-bond donors (Lipinski definition) is 0. The van der Waals surface area contributed by atoms with Crippen LogP contribution in [0.25, 0.3) is 11.1 Å². The monoisotopic (exact) mass is 392 g/mol. The molecule has 102 valence electrons. The summed E-state index contributed by atoms with van der Waals surface area (Å²) < 4.78 is 1.93. The Morgan fingerprint density at radius 1 is 0.900 bits per heavy atom. The fourth-order valence-electron chi connectivity index (χ4n) is 2.56. The molecule has 0 saturated heterocycles. The molecule has 0 aliphatic heterocycles. The minimum atomic E-state index is 0.0210. The van der Waals surface area contributed by atoms with Crippen LogP contribution in [0.5, 0.6) is 0 Å². The van der Waals surface area contributed by atoms with Gasteiger partial charge in [-0.2, -0.15) is 0 Å². The fraction of sp³-hybridized carbons (Fsp3) is 0.235. The Morgan fingerprint density at radius 2 is 1.60 bits per heavy atom. The van der Waals surface area contributed by atoms with Crippen LogP contribution < -0.4 is 0 Å². The van der Waals surface area contributed by atoms with Crippen molar-refractivity contribution in [1.82, 2.24) is 0 Å². The molecule has 1 aliphatic carbocycles. The highest BCUT2D eigenvalue weighted by Gasteiger charge is 2.30. The maximum atomic E-state index is 12.6. The minimum Gasteiger partial charge on any atom is -0.289 e. The standard InChI is InChI=1S/C17H14Br2O/c1-17(2,3)9-6-13-15(14(19)7-9)11-5-4-10(18)8-12(11)16(13)20/h4-8H,1-3H3. The molecule has 0 unspecified atom stereocenters. The average molecular weight is 394 g/mol. The van der Waals surface area contributed by atoms with Crippen LogP contribution in [-0.2, 0) is 5.41 Å². The Bertz CT molecular complexity index is 739. The van der Waals surface area contributed by atoms with Gasteiger partial charge in [0.25, 0.3) is 0 Å². The first kappa shape index (κ1) is 14.0. The third-order valence-electron chi connectivity index (χ3n) is 3.70. The second kappa shape index (κ2) is 4.54. The van der Waals surface area contributed by atoms with Crippen LogP contribution >= 0.6 is 31.9 Å². The van der Waals surface area contributed by atoms with E-state index in [4.69, 9.17) is 0 Å². The van der Waals surface area contributed by atoms with Crippen molar-refractivity contribution in [3.8, 4) is 11.1 Å². The average Bonchev–Trinajstić information content (AvgIpc) is 2.62. The van der Waals surface area contributed by atoms with Gasteiger partial charge in [-0.05, 0) is 40.8 Å². The molecule has 3 heteroatoms. The van der Waals surface area contributed by atoms with Crippen molar-refractivity contribution in [3.63, 3.8) is 0 Å².